The maximum Gasteiger partial charge on any atom is 0.405 e. The quantitative estimate of drug-likeness (QED) is 0.0150. The van der Waals surface area contributed by atoms with Gasteiger partial charge in [-0.2, -0.15) is 0 Å². The van der Waals surface area contributed by atoms with Crippen molar-refractivity contribution in [2.24, 2.45) is 28.9 Å². The van der Waals surface area contributed by atoms with Gasteiger partial charge in [-0.3, -0.25) is 33.6 Å². The number of ether oxygens (including phenoxy) is 5. The van der Waals surface area contributed by atoms with Crippen LogP contribution >= 0.6 is 22.7 Å². The van der Waals surface area contributed by atoms with Crippen molar-refractivity contribution in [3.8, 4) is 10.7 Å². The van der Waals surface area contributed by atoms with E-state index in [2.05, 4.69) is 74.3 Å². The Morgan fingerprint density at radius 3 is 2.05 bits per heavy atom. The van der Waals surface area contributed by atoms with E-state index in [4.69, 9.17) is 52.4 Å². The van der Waals surface area contributed by atoms with Crippen molar-refractivity contribution < 1.29 is 103 Å². The van der Waals surface area contributed by atoms with E-state index < -0.39 is 183 Å². The number of carbonyl (C=O) groups is 8. The Labute approximate surface area is 559 Å². The van der Waals surface area contributed by atoms with E-state index in [1.54, 1.807) is 10.8 Å². The summed E-state index contributed by atoms with van der Waals surface area (Å²) in [6.07, 6.45) is -20.1. The molecule has 41 heteroatoms. The van der Waals surface area contributed by atoms with Crippen LogP contribution in [0.3, 0.4) is 0 Å². The number of nitrogens with two attached hydrogens (primary N) is 5. The maximum atomic E-state index is 15.2. The highest BCUT2D eigenvalue weighted by atomic mass is 32.2. The van der Waals surface area contributed by atoms with E-state index >= 15 is 4.79 Å². The minimum absolute atomic E-state index is 0.00584. The number of rotatable bonds is 35. The average Bonchev–Trinajstić information content (AvgIpc) is 0.994. The molecule has 4 aromatic heterocycles. The van der Waals surface area contributed by atoms with Crippen molar-refractivity contribution in [2.75, 3.05) is 56.8 Å². The Bertz CT molecular complexity index is 3280. The summed E-state index contributed by atoms with van der Waals surface area (Å²) in [7, 11) is 0.254. The summed E-state index contributed by atoms with van der Waals surface area (Å²) >= 11 is 2.52. The number of aliphatic hydroxyl groups is 8. The van der Waals surface area contributed by atoms with E-state index in [1.165, 1.54) is 50.4 Å². The number of imidazole rings is 1. The molecule has 532 valence electrons. The number of amides is 8. The topological polar surface area (TPSA) is 627 Å². The van der Waals surface area contributed by atoms with Crippen molar-refractivity contribution >= 4 is 86.8 Å². The molecule has 8 amide bonds. The van der Waals surface area contributed by atoms with Gasteiger partial charge >= 0.3 is 6.09 Å². The van der Waals surface area contributed by atoms with Gasteiger partial charge < -0.3 is 130 Å². The minimum atomic E-state index is -2.21. The molecule has 0 spiro atoms. The minimum Gasteiger partial charge on any atom is -0.438 e. The van der Waals surface area contributed by atoms with Gasteiger partial charge in [0, 0.05) is 55.2 Å². The monoisotopic (exact) mass is 1410 g/mol. The fraction of sp³-hybridized carbons (Fsp3) is 0.618. The Morgan fingerprint density at radius 1 is 0.781 bits per heavy atom. The molecule has 2 aliphatic heterocycles. The molecule has 2 fully saturated rings. The standard InChI is InChI=1S/C55H83N17O21S3/c1-20-33(69-46(72-44(20)58)25(12-31(57)76)64-13-24(56)45(59)82)50(86)71-35(41(26-14-61-19-65-26)91-53-42(39(80)37(78)29(15-73)89-53)92-54-43(93-55(60)88)40(81)38(79)30(16-74)90-54)51(87)66-22(3)36(77)21(2)47(83)70-34(23(4)75)49(85)63-10-8-32-67-28(18-94-32)52-68-27(17-95-52)48(84)62-9-7-11-96(5)6/h14,17-19,21-25,29-30,34-43,53-54,64,73-75,77-81H,7-13,15-16,56H2,1-6H3,(H13-,57,58,59,60,61,62,63,65,66,69,70,71,72,76,82,83,84,85,86,87,88)/p+1/t21-,22+,23+,24-,25-,29-,30+,34-,35-,36-,37+,38+,39-,40-,41-,42-,43-,53-,54+/m0/s1. The first-order chi connectivity index (χ1) is 45.3. The number of carbonyl (C=O) groups excluding carboxylic acids is 8. The average molecular weight is 1420 g/mol. The molecule has 0 radical (unpaired) electrons. The lowest BCUT2D eigenvalue weighted by molar-refractivity contribution is -0.372. The number of aromatic amines is 1. The van der Waals surface area contributed by atoms with Gasteiger partial charge in [0.2, 0.25) is 29.5 Å². The summed E-state index contributed by atoms with van der Waals surface area (Å²) in [6.45, 7) is 3.17. The third-order valence-corrected chi connectivity index (χ3v) is 18.2. The predicted octanol–water partition coefficient (Wildman–Crippen LogP) is -7.70. The van der Waals surface area contributed by atoms with E-state index in [9.17, 15) is 74.4 Å². The van der Waals surface area contributed by atoms with Gasteiger partial charge in [0.25, 0.3) is 11.8 Å². The third-order valence-electron chi connectivity index (χ3n) is 15.3. The molecule has 0 unspecified atom stereocenters. The van der Waals surface area contributed by atoms with Gasteiger partial charge in [0.1, 0.15) is 100 Å². The molecule has 0 aliphatic carbocycles. The lowest BCUT2D eigenvalue weighted by Crippen LogP contribution is -2.65. The number of nitrogen functional groups attached to an aromatic ring is 1. The molecule has 0 bridgehead atoms. The second kappa shape index (κ2) is 35.8. The zero-order valence-electron chi connectivity index (χ0n) is 52.9. The molecular formula is C55H84N17O21S3+. The smallest absolute Gasteiger partial charge is 0.405 e. The van der Waals surface area contributed by atoms with Crippen LogP contribution in [0.25, 0.3) is 10.7 Å². The lowest BCUT2D eigenvalue weighted by Gasteiger charge is -2.47. The van der Waals surface area contributed by atoms with E-state index in [1.807, 2.05) is 0 Å². The van der Waals surface area contributed by atoms with Crippen molar-refractivity contribution in [3.05, 3.63) is 56.8 Å². The lowest BCUT2D eigenvalue weighted by atomic mass is 9.96. The fourth-order valence-electron chi connectivity index (χ4n) is 9.79. The number of hydrogen-bond donors (Lipinski definition) is 20. The van der Waals surface area contributed by atoms with E-state index in [0.717, 1.165) is 24.7 Å². The first kappa shape index (κ1) is 77.7. The summed E-state index contributed by atoms with van der Waals surface area (Å²) < 4.78 is 28.9. The molecule has 6 rings (SSSR count). The number of thiazole rings is 2. The highest BCUT2D eigenvalue weighted by Gasteiger charge is 2.54. The fourth-order valence-corrected chi connectivity index (χ4v) is 12.1. The number of primary amides is 3. The molecule has 25 N–H and O–H groups in total. The van der Waals surface area contributed by atoms with Crippen LogP contribution in [0, 0.1) is 12.8 Å². The summed E-state index contributed by atoms with van der Waals surface area (Å²) in [5.74, 6) is -7.71. The zero-order chi connectivity index (χ0) is 71.0. The zero-order valence-corrected chi connectivity index (χ0v) is 55.3. The van der Waals surface area contributed by atoms with Crippen LogP contribution < -0.4 is 60.6 Å². The molecule has 38 nitrogen and oxygen atoms in total. The van der Waals surface area contributed by atoms with Crippen molar-refractivity contribution in [1.82, 2.24) is 61.8 Å². The van der Waals surface area contributed by atoms with Crippen molar-refractivity contribution in [3.63, 3.8) is 0 Å². The van der Waals surface area contributed by atoms with Crippen LogP contribution in [0.15, 0.2) is 23.3 Å². The number of anilines is 1. The van der Waals surface area contributed by atoms with Gasteiger partial charge in [0.15, 0.2) is 18.7 Å². The Balaban J connectivity index is 1.27. The highest BCUT2D eigenvalue weighted by molar-refractivity contribution is 7.95. The van der Waals surface area contributed by atoms with Crippen molar-refractivity contribution in [2.45, 2.75) is 157 Å². The largest absolute Gasteiger partial charge is 0.438 e. The molecular weight excluding hydrogens is 1330 g/mol. The van der Waals surface area contributed by atoms with Crippen LogP contribution in [-0.4, -0.2) is 267 Å². The van der Waals surface area contributed by atoms with Crippen molar-refractivity contribution in [1.29, 1.82) is 0 Å². The Kier molecular flexibility index (Phi) is 29.0. The number of aromatic nitrogens is 6. The van der Waals surface area contributed by atoms with E-state index in [-0.39, 0.29) is 64.9 Å². The highest BCUT2D eigenvalue weighted by Crippen LogP contribution is 2.35. The molecule has 6 heterocycles. The van der Waals surface area contributed by atoms with Crippen LogP contribution in [0.1, 0.15) is 88.8 Å². The SMILES string of the molecule is Cc1c(N)nc([C@H](CC(N)=O)NC[C@H](N)C(N)=O)nc1C(=O)N[C@H](C(=O)N[C@H](C)[C@@H](O)[C@H](C)C(=O)N[C@H](C(=O)NCCc1nc(-c2nc(C(=O)NCCC[S+](C)C)cs2)cs1)[C@@H](C)O)[C@@H](O[C@@H]1O[C@@H](CO)[C@@H](O)[C@H](O)[C@@H]1O[C@H]1O[C@H](CO)[C@@H](O)[C@H](O)[C@@H]1OC(N)=O)c1cnc[nH]1. The first-order valence-electron chi connectivity index (χ1n) is 29.8. The summed E-state index contributed by atoms with van der Waals surface area (Å²) in [4.78, 5) is 131. The predicted molar refractivity (Wildman–Crippen MR) is 339 cm³/mol. The third kappa shape index (κ3) is 20.6. The van der Waals surface area contributed by atoms with Crippen LogP contribution in [-0.2, 0) is 65.0 Å². The second-order valence-electron chi connectivity index (χ2n) is 22.8. The molecule has 0 aromatic carbocycles. The number of hydrogen-bond acceptors (Lipinski definition) is 31. The van der Waals surface area contributed by atoms with Crippen LogP contribution in [0.5, 0.6) is 0 Å². The summed E-state index contributed by atoms with van der Waals surface area (Å²) in [6, 6.07) is -7.86. The van der Waals surface area contributed by atoms with Gasteiger partial charge in [-0.1, -0.05) is 6.92 Å². The van der Waals surface area contributed by atoms with Crippen LogP contribution in [0.2, 0.25) is 0 Å². The second-order valence-corrected chi connectivity index (χ2v) is 27.0. The number of nitrogens with one attached hydrogen (secondary N) is 7. The van der Waals surface area contributed by atoms with Gasteiger partial charge in [-0.15, -0.1) is 22.7 Å². The molecule has 96 heavy (non-hydrogen) atoms. The molecule has 2 saturated heterocycles. The Hall–Kier alpha value is -7.30. The summed E-state index contributed by atoms with van der Waals surface area (Å²) in [5.41, 5.74) is 28.1. The molecule has 0 saturated carbocycles. The molecule has 2 aliphatic rings. The van der Waals surface area contributed by atoms with Crippen LogP contribution in [0.4, 0.5) is 10.6 Å². The first-order valence-corrected chi connectivity index (χ1v) is 33.8. The molecule has 19 atom stereocenters. The van der Waals surface area contributed by atoms with E-state index in [0.29, 0.717) is 22.3 Å². The number of nitrogens with zero attached hydrogens (tertiary/aromatic N) is 5. The summed E-state index contributed by atoms with van der Waals surface area (Å²) in [5, 5.41) is 108. The maximum absolute atomic E-state index is 15.2. The van der Waals surface area contributed by atoms with Gasteiger partial charge in [0.05, 0.1) is 85.2 Å². The van der Waals surface area contributed by atoms with Gasteiger partial charge in [-0.25, -0.2) is 29.7 Å². The molecule has 4 aromatic rings. The number of aliphatic hydroxyl groups excluding tert-OH is 8. The van der Waals surface area contributed by atoms with Gasteiger partial charge in [-0.05, 0) is 31.7 Å². The Morgan fingerprint density at radius 2 is 1.45 bits per heavy atom. The number of H-pyrrole nitrogens is 1. The normalized spacial score (nSPS) is 24.0.